The van der Waals surface area contributed by atoms with Gasteiger partial charge >= 0.3 is 0 Å². The van der Waals surface area contributed by atoms with Crippen LogP contribution in [0.2, 0.25) is 0 Å². The van der Waals surface area contributed by atoms with Crippen molar-refractivity contribution in [2.24, 2.45) is 0 Å². The van der Waals surface area contributed by atoms with E-state index in [-0.39, 0.29) is 0 Å². The zero-order valence-electron chi connectivity index (χ0n) is 8.82. The number of hydrogen-bond donors (Lipinski definition) is 1. The van der Waals surface area contributed by atoms with E-state index in [9.17, 15) is 0 Å². The molecule has 0 fully saturated rings. The number of thioether (sulfide) groups is 1. The van der Waals surface area contributed by atoms with Crippen molar-refractivity contribution in [1.29, 1.82) is 5.26 Å². The van der Waals surface area contributed by atoms with E-state index >= 15 is 0 Å². The van der Waals surface area contributed by atoms with Gasteiger partial charge in [0.2, 0.25) is 0 Å². The number of hydrogen-bond acceptors (Lipinski definition) is 4. The van der Waals surface area contributed by atoms with Gasteiger partial charge in [-0.2, -0.15) is 5.26 Å². The monoisotopic (exact) mass is 219 g/mol. The van der Waals surface area contributed by atoms with Crippen LogP contribution in [0.5, 0.6) is 0 Å². The van der Waals surface area contributed by atoms with Crippen LogP contribution >= 0.6 is 11.8 Å². The summed E-state index contributed by atoms with van der Waals surface area (Å²) in [6.07, 6.45) is 3.63. The second-order valence-electron chi connectivity index (χ2n) is 2.77. The molecule has 0 aliphatic carbocycles. The summed E-state index contributed by atoms with van der Waals surface area (Å²) in [5.41, 5.74) is 1.32. The van der Waals surface area contributed by atoms with E-state index in [0.29, 0.717) is 11.3 Å². The number of allylic oxidation sites excluding steroid dienone is 1. The third-order valence-corrected chi connectivity index (χ3v) is 2.56. The van der Waals surface area contributed by atoms with Gasteiger partial charge in [-0.15, -0.1) is 11.8 Å². The van der Waals surface area contributed by atoms with Crippen LogP contribution in [0.1, 0.15) is 12.6 Å². The van der Waals surface area contributed by atoms with Gasteiger partial charge in [-0.1, -0.05) is 6.07 Å². The summed E-state index contributed by atoms with van der Waals surface area (Å²) in [5.74, 6) is 0. The fourth-order valence-electron chi connectivity index (χ4n) is 1.16. The minimum absolute atomic E-state index is 0.602. The molecule has 1 rings (SSSR count). The Morgan fingerprint density at radius 1 is 1.60 bits per heavy atom. The molecule has 1 N–H and O–H groups in total. The highest BCUT2D eigenvalue weighted by Crippen LogP contribution is 2.20. The average Bonchev–Trinajstić information content (AvgIpc) is 2.30. The van der Waals surface area contributed by atoms with Gasteiger partial charge in [-0.3, -0.25) is 4.98 Å². The summed E-state index contributed by atoms with van der Waals surface area (Å²) in [4.78, 5) is 4.17. The largest absolute Gasteiger partial charge is 0.379 e. The molecule has 0 bridgehead atoms. The molecule has 0 spiro atoms. The average molecular weight is 219 g/mol. The maximum atomic E-state index is 9.11. The van der Waals surface area contributed by atoms with Gasteiger partial charge in [0.25, 0.3) is 0 Å². The lowest BCUT2D eigenvalue weighted by Gasteiger charge is -2.08. The van der Waals surface area contributed by atoms with E-state index in [0.717, 1.165) is 11.6 Å². The van der Waals surface area contributed by atoms with Crippen LogP contribution < -0.4 is 5.32 Å². The normalized spacial score (nSPS) is 11.5. The Hall–Kier alpha value is -1.47. The quantitative estimate of drug-likeness (QED) is 0.789. The van der Waals surface area contributed by atoms with Crippen LogP contribution in [-0.4, -0.2) is 17.8 Å². The fourth-order valence-corrected chi connectivity index (χ4v) is 1.80. The van der Waals surface area contributed by atoms with Crippen LogP contribution in [0.15, 0.2) is 29.4 Å². The molecular weight excluding hydrogens is 206 g/mol. The molecule has 0 radical (unpaired) electrons. The minimum Gasteiger partial charge on any atom is -0.379 e. The highest BCUT2D eigenvalue weighted by atomic mass is 32.2. The Bertz CT molecular complexity index is 379. The van der Waals surface area contributed by atoms with Gasteiger partial charge in [0, 0.05) is 12.7 Å². The standard InChI is InChI=1S/C11H13N3S/c1-3-13-11(15-2)9(8-12)10-6-4-5-7-14-10/h4-7,13H,3H2,1-2H3/b11-9+. The summed E-state index contributed by atoms with van der Waals surface area (Å²) in [6.45, 7) is 2.80. The summed E-state index contributed by atoms with van der Waals surface area (Å²) < 4.78 is 0. The number of nitriles is 1. The Morgan fingerprint density at radius 3 is 2.87 bits per heavy atom. The highest BCUT2D eigenvalue weighted by Gasteiger charge is 2.08. The molecule has 0 unspecified atom stereocenters. The molecule has 1 heterocycles. The summed E-state index contributed by atoms with van der Waals surface area (Å²) >= 11 is 1.53. The molecule has 15 heavy (non-hydrogen) atoms. The van der Waals surface area contributed by atoms with E-state index in [1.54, 1.807) is 6.20 Å². The van der Waals surface area contributed by atoms with Crippen molar-refractivity contribution in [3.8, 4) is 6.07 Å². The molecule has 0 aliphatic heterocycles. The Balaban J connectivity index is 3.12. The van der Waals surface area contributed by atoms with E-state index in [2.05, 4.69) is 16.4 Å². The lowest BCUT2D eigenvalue weighted by atomic mass is 10.2. The van der Waals surface area contributed by atoms with Gasteiger partial charge in [-0.25, -0.2) is 0 Å². The van der Waals surface area contributed by atoms with Crippen molar-refractivity contribution in [1.82, 2.24) is 10.3 Å². The van der Waals surface area contributed by atoms with E-state index in [1.165, 1.54) is 11.8 Å². The first kappa shape index (κ1) is 11.6. The predicted molar refractivity (Wildman–Crippen MR) is 64.0 cm³/mol. The third kappa shape index (κ3) is 3.00. The van der Waals surface area contributed by atoms with Crippen molar-refractivity contribution in [2.45, 2.75) is 6.92 Å². The number of aromatic nitrogens is 1. The smallest absolute Gasteiger partial charge is 0.107 e. The van der Waals surface area contributed by atoms with Crippen LogP contribution in [0.25, 0.3) is 5.57 Å². The number of pyridine rings is 1. The predicted octanol–water partition coefficient (Wildman–Crippen LogP) is 2.25. The molecule has 78 valence electrons. The molecule has 4 heteroatoms. The van der Waals surface area contributed by atoms with Crippen molar-refractivity contribution < 1.29 is 0 Å². The first-order chi connectivity index (χ1) is 7.33. The van der Waals surface area contributed by atoms with Gasteiger partial charge in [0.15, 0.2) is 0 Å². The maximum Gasteiger partial charge on any atom is 0.107 e. The van der Waals surface area contributed by atoms with Crippen molar-refractivity contribution in [2.75, 3.05) is 12.8 Å². The zero-order valence-corrected chi connectivity index (χ0v) is 9.64. The van der Waals surface area contributed by atoms with Crippen LogP contribution in [-0.2, 0) is 0 Å². The van der Waals surface area contributed by atoms with E-state index in [1.807, 2.05) is 31.4 Å². The molecule has 1 aromatic rings. The summed E-state index contributed by atoms with van der Waals surface area (Å²) in [7, 11) is 0. The molecule has 0 aromatic carbocycles. The van der Waals surface area contributed by atoms with Gasteiger partial charge < -0.3 is 5.32 Å². The number of nitrogens with one attached hydrogen (secondary N) is 1. The second kappa shape index (κ2) is 6.10. The topological polar surface area (TPSA) is 48.7 Å². The van der Waals surface area contributed by atoms with Crippen LogP contribution in [0, 0.1) is 11.3 Å². The first-order valence-electron chi connectivity index (χ1n) is 4.67. The Morgan fingerprint density at radius 2 is 2.40 bits per heavy atom. The number of rotatable bonds is 4. The molecule has 0 saturated carbocycles. The van der Waals surface area contributed by atoms with Crippen LogP contribution in [0.4, 0.5) is 0 Å². The SMILES string of the molecule is CCN/C(SC)=C(/C#N)c1ccccn1. The van der Waals surface area contributed by atoms with Crippen molar-refractivity contribution in [3.63, 3.8) is 0 Å². The molecular formula is C11H13N3S. The minimum atomic E-state index is 0.602. The Labute approximate surface area is 94.2 Å². The molecule has 1 aromatic heterocycles. The fraction of sp³-hybridized carbons (Fsp3) is 0.273. The molecule has 0 saturated heterocycles. The van der Waals surface area contributed by atoms with Crippen LogP contribution in [0.3, 0.4) is 0 Å². The molecule has 0 aliphatic rings. The van der Waals surface area contributed by atoms with Gasteiger partial charge in [-0.05, 0) is 25.3 Å². The summed E-state index contributed by atoms with van der Waals surface area (Å²) in [6, 6.07) is 7.74. The van der Waals surface area contributed by atoms with Crippen molar-refractivity contribution in [3.05, 3.63) is 35.1 Å². The highest BCUT2D eigenvalue weighted by molar-refractivity contribution is 8.02. The summed E-state index contributed by atoms with van der Waals surface area (Å²) in [5, 5.41) is 13.1. The Kier molecular flexibility index (Phi) is 4.72. The zero-order chi connectivity index (χ0) is 11.1. The molecule has 3 nitrogen and oxygen atoms in total. The molecule has 0 atom stereocenters. The number of nitrogens with zero attached hydrogens (tertiary/aromatic N) is 2. The van der Waals surface area contributed by atoms with Gasteiger partial charge in [0.05, 0.1) is 10.7 Å². The lowest BCUT2D eigenvalue weighted by Crippen LogP contribution is -2.11. The van der Waals surface area contributed by atoms with Gasteiger partial charge in [0.1, 0.15) is 11.6 Å². The third-order valence-electron chi connectivity index (χ3n) is 1.80. The van der Waals surface area contributed by atoms with E-state index in [4.69, 9.17) is 5.26 Å². The second-order valence-corrected chi connectivity index (χ2v) is 3.58. The maximum absolute atomic E-state index is 9.11. The van der Waals surface area contributed by atoms with E-state index < -0.39 is 0 Å². The van der Waals surface area contributed by atoms with Crippen molar-refractivity contribution >= 4 is 17.3 Å². The lowest BCUT2D eigenvalue weighted by molar-refractivity contribution is 0.907. The first-order valence-corrected chi connectivity index (χ1v) is 5.89. The molecule has 0 amide bonds.